The van der Waals surface area contributed by atoms with Gasteiger partial charge in [0.15, 0.2) is 0 Å². The largest absolute Gasteiger partial charge is 0.352 e. The fourth-order valence-electron chi connectivity index (χ4n) is 2.94. The first-order valence-corrected chi connectivity index (χ1v) is 8.68. The predicted molar refractivity (Wildman–Crippen MR) is 98.8 cm³/mol. The summed E-state index contributed by atoms with van der Waals surface area (Å²) < 4.78 is 0. The number of benzene rings is 2. The highest BCUT2D eigenvalue weighted by Gasteiger charge is 2.14. The van der Waals surface area contributed by atoms with Crippen LogP contribution in [0, 0.1) is 5.92 Å². The highest BCUT2D eigenvalue weighted by atomic mass is 16.2. The molecule has 3 rings (SSSR count). The van der Waals surface area contributed by atoms with Crippen LogP contribution < -0.4 is 16.0 Å². The van der Waals surface area contributed by atoms with Crippen LogP contribution in [0.25, 0.3) is 0 Å². The van der Waals surface area contributed by atoms with Crippen LogP contribution in [0.4, 0.5) is 5.69 Å². The molecule has 1 saturated heterocycles. The smallest absolute Gasteiger partial charge is 0.255 e. The number of rotatable bonds is 5. The fourth-order valence-corrected chi connectivity index (χ4v) is 2.94. The van der Waals surface area contributed by atoms with E-state index in [9.17, 15) is 9.59 Å². The molecule has 2 amide bonds. The van der Waals surface area contributed by atoms with Gasteiger partial charge in [-0.15, -0.1) is 0 Å². The second kappa shape index (κ2) is 8.44. The molecule has 0 aliphatic carbocycles. The Morgan fingerprint density at radius 3 is 2.36 bits per heavy atom. The van der Waals surface area contributed by atoms with Gasteiger partial charge in [-0.05, 0) is 68.2 Å². The topological polar surface area (TPSA) is 70.2 Å². The van der Waals surface area contributed by atoms with Crippen LogP contribution in [0.5, 0.6) is 0 Å². The monoisotopic (exact) mass is 337 g/mol. The van der Waals surface area contributed by atoms with E-state index in [-0.39, 0.29) is 11.8 Å². The Hall–Kier alpha value is -2.66. The second-order valence-corrected chi connectivity index (χ2v) is 6.32. The van der Waals surface area contributed by atoms with Gasteiger partial charge in [0, 0.05) is 23.4 Å². The molecule has 1 unspecified atom stereocenters. The molecular weight excluding hydrogens is 314 g/mol. The molecule has 0 radical (unpaired) electrons. The molecule has 0 saturated carbocycles. The molecule has 25 heavy (non-hydrogen) atoms. The second-order valence-electron chi connectivity index (χ2n) is 6.32. The van der Waals surface area contributed by atoms with Gasteiger partial charge in [-0.1, -0.05) is 18.2 Å². The highest BCUT2D eigenvalue weighted by molar-refractivity contribution is 6.04. The normalized spacial score (nSPS) is 16.9. The number of piperidine rings is 1. The van der Waals surface area contributed by atoms with Gasteiger partial charge in [0.05, 0.1) is 0 Å². The lowest BCUT2D eigenvalue weighted by Crippen LogP contribution is -2.38. The lowest BCUT2D eigenvalue weighted by atomic mass is 9.99. The van der Waals surface area contributed by atoms with Gasteiger partial charge in [-0.2, -0.15) is 0 Å². The maximum absolute atomic E-state index is 12.2. The minimum Gasteiger partial charge on any atom is -0.352 e. The first-order valence-electron chi connectivity index (χ1n) is 8.68. The number of hydrogen-bond acceptors (Lipinski definition) is 3. The van der Waals surface area contributed by atoms with Crippen molar-refractivity contribution in [2.75, 3.05) is 25.0 Å². The summed E-state index contributed by atoms with van der Waals surface area (Å²) in [6.07, 6.45) is 2.31. The van der Waals surface area contributed by atoms with Crippen LogP contribution in [-0.2, 0) is 0 Å². The fraction of sp³-hybridized carbons (Fsp3) is 0.300. The Balaban J connectivity index is 1.52. The Kier molecular flexibility index (Phi) is 5.80. The zero-order valence-electron chi connectivity index (χ0n) is 14.1. The standard InChI is InChI=1S/C20H23N3O2/c24-19(22-14-15-5-4-12-21-13-15)17-8-10-18(11-9-17)23-20(25)16-6-2-1-3-7-16/h1-3,6-11,15,21H,4-5,12-14H2,(H,22,24)(H,23,25). The van der Waals surface area contributed by atoms with Crippen molar-refractivity contribution in [1.82, 2.24) is 10.6 Å². The van der Waals surface area contributed by atoms with E-state index >= 15 is 0 Å². The number of anilines is 1. The summed E-state index contributed by atoms with van der Waals surface area (Å²) in [5.74, 6) is 0.260. The number of carbonyl (C=O) groups is 2. The molecule has 2 aromatic carbocycles. The molecular formula is C20H23N3O2. The summed E-state index contributed by atoms with van der Waals surface area (Å²) >= 11 is 0. The Morgan fingerprint density at radius 1 is 0.960 bits per heavy atom. The quantitative estimate of drug-likeness (QED) is 0.785. The van der Waals surface area contributed by atoms with Crippen LogP contribution >= 0.6 is 0 Å². The van der Waals surface area contributed by atoms with Gasteiger partial charge in [-0.25, -0.2) is 0 Å². The van der Waals surface area contributed by atoms with Gasteiger partial charge >= 0.3 is 0 Å². The zero-order valence-corrected chi connectivity index (χ0v) is 14.1. The number of amides is 2. The van der Waals surface area contributed by atoms with Crippen LogP contribution in [-0.4, -0.2) is 31.4 Å². The molecule has 5 nitrogen and oxygen atoms in total. The molecule has 1 atom stereocenters. The molecule has 130 valence electrons. The summed E-state index contributed by atoms with van der Waals surface area (Å²) in [6.45, 7) is 2.73. The third-order valence-corrected chi connectivity index (χ3v) is 4.39. The van der Waals surface area contributed by atoms with Crippen LogP contribution in [0.2, 0.25) is 0 Å². The van der Waals surface area contributed by atoms with E-state index in [1.807, 2.05) is 18.2 Å². The van der Waals surface area contributed by atoms with Crippen LogP contribution in [0.1, 0.15) is 33.6 Å². The van der Waals surface area contributed by atoms with Gasteiger partial charge in [0.2, 0.25) is 0 Å². The van der Waals surface area contributed by atoms with Gasteiger partial charge in [-0.3, -0.25) is 9.59 Å². The molecule has 3 N–H and O–H groups in total. The zero-order chi connectivity index (χ0) is 17.5. The van der Waals surface area contributed by atoms with Crippen molar-refractivity contribution in [1.29, 1.82) is 0 Å². The summed E-state index contributed by atoms with van der Waals surface area (Å²) in [5.41, 5.74) is 1.87. The maximum atomic E-state index is 12.2. The number of carbonyl (C=O) groups excluding carboxylic acids is 2. The van der Waals surface area contributed by atoms with Crippen molar-refractivity contribution >= 4 is 17.5 Å². The third kappa shape index (κ3) is 4.90. The van der Waals surface area contributed by atoms with E-state index in [1.54, 1.807) is 36.4 Å². The average Bonchev–Trinajstić information content (AvgIpc) is 2.68. The van der Waals surface area contributed by atoms with E-state index in [1.165, 1.54) is 0 Å². The van der Waals surface area contributed by atoms with E-state index in [0.29, 0.717) is 29.3 Å². The molecule has 1 aliphatic rings. The molecule has 1 heterocycles. The number of hydrogen-bond donors (Lipinski definition) is 3. The highest BCUT2D eigenvalue weighted by Crippen LogP contribution is 2.12. The molecule has 2 aromatic rings. The van der Waals surface area contributed by atoms with Gasteiger partial charge in [0.1, 0.15) is 0 Å². The summed E-state index contributed by atoms with van der Waals surface area (Å²) in [7, 11) is 0. The van der Waals surface area contributed by atoms with E-state index in [4.69, 9.17) is 0 Å². The van der Waals surface area contributed by atoms with Crippen LogP contribution in [0.15, 0.2) is 54.6 Å². The Morgan fingerprint density at radius 2 is 1.68 bits per heavy atom. The van der Waals surface area contributed by atoms with E-state index < -0.39 is 0 Å². The lowest BCUT2D eigenvalue weighted by Gasteiger charge is -2.22. The van der Waals surface area contributed by atoms with Crippen molar-refractivity contribution in [2.24, 2.45) is 5.92 Å². The Bertz CT molecular complexity index is 707. The van der Waals surface area contributed by atoms with Crippen molar-refractivity contribution in [2.45, 2.75) is 12.8 Å². The minimum atomic E-state index is -0.164. The molecule has 1 fully saturated rings. The molecule has 5 heteroatoms. The van der Waals surface area contributed by atoms with E-state index in [0.717, 1.165) is 25.9 Å². The van der Waals surface area contributed by atoms with Crippen molar-refractivity contribution in [3.63, 3.8) is 0 Å². The van der Waals surface area contributed by atoms with Crippen molar-refractivity contribution in [3.05, 3.63) is 65.7 Å². The number of nitrogens with one attached hydrogen (secondary N) is 3. The summed E-state index contributed by atoms with van der Waals surface area (Å²) in [5, 5.41) is 9.16. The predicted octanol–water partition coefficient (Wildman–Crippen LogP) is 2.67. The lowest BCUT2D eigenvalue weighted by molar-refractivity contribution is 0.0944. The minimum absolute atomic E-state index is 0.0773. The summed E-state index contributed by atoms with van der Waals surface area (Å²) in [4.78, 5) is 24.3. The summed E-state index contributed by atoms with van der Waals surface area (Å²) in [6, 6.07) is 16.0. The molecule has 0 aromatic heterocycles. The van der Waals surface area contributed by atoms with Crippen molar-refractivity contribution < 1.29 is 9.59 Å². The van der Waals surface area contributed by atoms with Gasteiger partial charge < -0.3 is 16.0 Å². The first-order chi connectivity index (χ1) is 12.2. The molecule has 1 aliphatic heterocycles. The van der Waals surface area contributed by atoms with E-state index in [2.05, 4.69) is 16.0 Å². The molecule has 0 bridgehead atoms. The first kappa shape index (κ1) is 17.2. The van der Waals surface area contributed by atoms with Crippen LogP contribution in [0.3, 0.4) is 0 Å². The third-order valence-electron chi connectivity index (χ3n) is 4.39. The maximum Gasteiger partial charge on any atom is 0.255 e. The van der Waals surface area contributed by atoms with Crippen molar-refractivity contribution in [3.8, 4) is 0 Å². The SMILES string of the molecule is O=C(NCC1CCCNC1)c1ccc(NC(=O)c2ccccc2)cc1. The average molecular weight is 337 g/mol. The van der Waals surface area contributed by atoms with Gasteiger partial charge in [0.25, 0.3) is 11.8 Å². The molecule has 0 spiro atoms. The Labute approximate surface area is 147 Å².